The van der Waals surface area contributed by atoms with Crippen LogP contribution in [0.5, 0.6) is 0 Å². The topological polar surface area (TPSA) is 80.8 Å². The van der Waals surface area contributed by atoms with Crippen molar-refractivity contribution >= 4 is 23.6 Å². The number of aryl methyl sites for hydroxylation is 2. The van der Waals surface area contributed by atoms with Crippen molar-refractivity contribution in [3.63, 3.8) is 0 Å². The molecule has 0 aliphatic carbocycles. The molecule has 0 spiro atoms. The number of ketones is 1. The SMILES string of the molecule is Cc1ccc(C)c(C(=O)c2ccccc2C(=O)OCC(=O)N2CCCC2=O)c1. The minimum atomic E-state index is -0.769. The Labute approximate surface area is 163 Å². The maximum Gasteiger partial charge on any atom is 0.339 e. The van der Waals surface area contributed by atoms with Gasteiger partial charge in [0.05, 0.1) is 5.56 Å². The maximum absolute atomic E-state index is 13.0. The zero-order valence-electron chi connectivity index (χ0n) is 15.9. The van der Waals surface area contributed by atoms with Gasteiger partial charge in [0.1, 0.15) is 0 Å². The summed E-state index contributed by atoms with van der Waals surface area (Å²) in [6.07, 6.45) is 0.943. The van der Waals surface area contributed by atoms with Crippen molar-refractivity contribution in [3.8, 4) is 0 Å². The van der Waals surface area contributed by atoms with E-state index in [-0.39, 0.29) is 22.8 Å². The molecule has 0 unspecified atom stereocenters. The molecular formula is C22H21NO5. The normalized spacial score (nSPS) is 13.5. The summed E-state index contributed by atoms with van der Waals surface area (Å²) >= 11 is 0. The van der Waals surface area contributed by atoms with Crippen LogP contribution >= 0.6 is 0 Å². The lowest BCUT2D eigenvalue weighted by molar-refractivity contribution is -0.143. The highest BCUT2D eigenvalue weighted by Crippen LogP contribution is 2.20. The third-order valence-corrected chi connectivity index (χ3v) is 4.73. The molecule has 0 atom stereocenters. The third-order valence-electron chi connectivity index (χ3n) is 4.73. The number of amides is 2. The lowest BCUT2D eigenvalue weighted by atomic mass is 9.94. The quantitative estimate of drug-likeness (QED) is 0.589. The molecular weight excluding hydrogens is 358 g/mol. The van der Waals surface area contributed by atoms with Gasteiger partial charge in [-0.1, -0.05) is 35.9 Å². The third kappa shape index (κ3) is 4.01. The molecule has 1 aliphatic heterocycles. The van der Waals surface area contributed by atoms with Crippen LogP contribution in [0.1, 0.15) is 50.2 Å². The van der Waals surface area contributed by atoms with Gasteiger partial charge in [-0.05, 0) is 38.0 Å². The Kier molecular flexibility index (Phi) is 5.68. The van der Waals surface area contributed by atoms with Crippen LogP contribution in [0.15, 0.2) is 42.5 Å². The van der Waals surface area contributed by atoms with Gasteiger partial charge < -0.3 is 4.74 Å². The number of ether oxygens (including phenoxy) is 1. The molecule has 0 bridgehead atoms. The Hall–Kier alpha value is -3.28. The fourth-order valence-corrected chi connectivity index (χ4v) is 3.18. The van der Waals surface area contributed by atoms with Crippen molar-refractivity contribution in [1.29, 1.82) is 0 Å². The van der Waals surface area contributed by atoms with Crippen LogP contribution in [0.4, 0.5) is 0 Å². The fraction of sp³-hybridized carbons (Fsp3) is 0.273. The molecule has 3 rings (SSSR count). The first-order chi connectivity index (χ1) is 13.4. The van der Waals surface area contributed by atoms with Gasteiger partial charge >= 0.3 is 5.97 Å². The average molecular weight is 379 g/mol. The first-order valence-electron chi connectivity index (χ1n) is 9.10. The molecule has 0 radical (unpaired) electrons. The van der Waals surface area contributed by atoms with Crippen LogP contribution in [0, 0.1) is 13.8 Å². The van der Waals surface area contributed by atoms with Crippen LogP contribution in [-0.2, 0) is 14.3 Å². The Balaban J connectivity index is 1.78. The van der Waals surface area contributed by atoms with E-state index in [9.17, 15) is 19.2 Å². The van der Waals surface area contributed by atoms with Crippen molar-refractivity contribution in [3.05, 3.63) is 70.3 Å². The lowest BCUT2D eigenvalue weighted by Crippen LogP contribution is -2.35. The number of rotatable bonds is 5. The summed E-state index contributed by atoms with van der Waals surface area (Å²) in [6, 6.07) is 11.9. The van der Waals surface area contributed by atoms with Crippen molar-refractivity contribution < 1.29 is 23.9 Å². The van der Waals surface area contributed by atoms with Gasteiger partial charge in [0, 0.05) is 24.1 Å². The second-order valence-electron chi connectivity index (χ2n) is 6.81. The second kappa shape index (κ2) is 8.17. The van der Waals surface area contributed by atoms with Crippen molar-refractivity contribution in [2.75, 3.05) is 13.2 Å². The lowest BCUT2D eigenvalue weighted by Gasteiger charge is -2.14. The molecule has 2 aromatic carbocycles. The molecule has 2 aromatic rings. The molecule has 1 heterocycles. The Bertz CT molecular complexity index is 963. The van der Waals surface area contributed by atoms with E-state index in [1.807, 2.05) is 26.0 Å². The van der Waals surface area contributed by atoms with E-state index in [1.54, 1.807) is 24.3 Å². The number of esters is 1. The average Bonchev–Trinajstić information content (AvgIpc) is 3.13. The maximum atomic E-state index is 13.0. The summed E-state index contributed by atoms with van der Waals surface area (Å²) in [7, 11) is 0. The smallest absolute Gasteiger partial charge is 0.339 e. The Morgan fingerprint density at radius 2 is 1.71 bits per heavy atom. The van der Waals surface area contributed by atoms with Crippen LogP contribution in [-0.4, -0.2) is 41.6 Å². The monoisotopic (exact) mass is 379 g/mol. The van der Waals surface area contributed by atoms with E-state index in [1.165, 1.54) is 6.07 Å². The molecule has 1 aliphatic rings. The number of likely N-dealkylation sites (tertiary alicyclic amines) is 1. The molecule has 0 saturated carbocycles. The zero-order valence-corrected chi connectivity index (χ0v) is 15.9. The Morgan fingerprint density at radius 3 is 2.39 bits per heavy atom. The molecule has 1 fully saturated rings. The number of carbonyl (C=O) groups is 4. The van der Waals surface area contributed by atoms with E-state index in [2.05, 4.69) is 0 Å². The number of imide groups is 1. The molecule has 144 valence electrons. The van der Waals surface area contributed by atoms with Gasteiger partial charge in [-0.2, -0.15) is 0 Å². The highest BCUT2D eigenvalue weighted by Gasteiger charge is 2.28. The summed E-state index contributed by atoms with van der Waals surface area (Å²) in [5, 5.41) is 0. The molecule has 0 aromatic heterocycles. The summed E-state index contributed by atoms with van der Waals surface area (Å²) in [4.78, 5) is 50.3. The van der Waals surface area contributed by atoms with E-state index < -0.39 is 18.5 Å². The van der Waals surface area contributed by atoms with E-state index in [0.717, 1.165) is 16.0 Å². The van der Waals surface area contributed by atoms with Crippen molar-refractivity contribution in [1.82, 2.24) is 4.90 Å². The Morgan fingerprint density at radius 1 is 1.00 bits per heavy atom. The van der Waals surface area contributed by atoms with Gasteiger partial charge in [0.15, 0.2) is 12.4 Å². The molecule has 28 heavy (non-hydrogen) atoms. The van der Waals surface area contributed by atoms with Crippen LogP contribution in [0.25, 0.3) is 0 Å². The highest BCUT2D eigenvalue weighted by molar-refractivity contribution is 6.15. The summed E-state index contributed by atoms with van der Waals surface area (Å²) in [5.74, 6) is -1.86. The molecule has 0 N–H and O–H groups in total. The van der Waals surface area contributed by atoms with E-state index in [4.69, 9.17) is 4.74 Å². The van der Waals surface area contributed by atoms with Crippen LogP contribution in [0.2, 0.25) is 0 Å². The number of nitrogens with zero attached hydrogens (tertiary/aromatic N) is 1. The van der Waals surface area contributed by atoms with Crippen molar-refractivity contribution in [2.24, 2.45) is 0 Å². The molecule has 1 saturated heterocycles. The van der Waals surface area contributed by atoms with Gasteiger partial charge in [-0.3, -0.25) is 19.3 Å². The zero-order chi connectivity index (χ0) is 20.3. The minimum Gasteiger partial charge on any atom is -0.452 e. The van der Waals surface area contributed by atoms with Crippen molar-refractivity contribution in [2.45, 2.75) is 26.7 Å². The number of hydrogen-bond donors (Lipinski definition) is 0. The van der Waals surface area contributed by atoms with Gasteiger partial charge in [-0.25, -0.2) is 4.79 Å². The number of carbonyl (C=O) groups excluding carboxylic acids is 4. The predicted molar refractivity (Wildman–Crippen MR) is 102 cm³/mol. The summed E-state index contributed by atoms with van der Waals surface area (Å²) in [6.45, 7) is 3.54. The van der Waals surface area contributed by atoms with Gasteiger partial charge in [0.2, 0.25) is 5.91 Å². The molecule has 2 amide bonds. The fourth-order valence-electron chi connectivity index (χ4n) is 3.18. The summed E-state index contributed by atoms with van der Waals surface area (Å²) < 4.78 is 5.10. The second-order valence-corrected chi connectivity index (χ2v) is 6.81. The van der Waals surface area contributed by atoms with Crippen LogP contribution in [0.3, 0.4) is 0 Å². The summed E-state index contributed by atoms with van der Waals surface area (Å²) in [5.41, 5.74) is 2.57. The number of benzene rings is 2. The van der Waals surface area contributed by atoms with E-state index >= 15 is 0 Å². The first kappa shape index (κ1) is 19.5. The van der Waals surface area contributed by atoms with E-state index in [0.29, 0.717) is 24.9 Å². The number of hydrogen-bond acceptors (Lipinski definition) is 5. The van der Waals surface area contributed by atoms with Gasteiger partial charge in [-0.15, -0.1) is 0 Å². The molecule has 6 heteroatoms. The standard InChI is InChI=1S/C22H21NO5/c1-14-9-10-15(2)18(12-14)21(26)16-6-3-4-7-17(16)22(27)28-13-20(25)23-11-5-8-19(23)24/h3-4,6-7,9-10,12H,5,8,11,13H2,1-2H3. The molecule has 6 nitrogen and oxygen atoms in total. The minimum absolute atomic E-state index is 0.0916. The highest BCUT2D eigenvalue weighted by atomic mass is 16.5. The first-order valence-corrected chi connectivity index (χ1v) is 9.10. The van der Waals surface area contributed by atoms with Crippen LogP contribution < -0.4 is 0 Å². The van der Waals surface area contributed by atoms with Gasteiger partial charge in [0.25, 0.3) is 5.91 Å². The largest absolute Gasteiger partial charge is 0.452 e. The predicted octanol–water partition coefficient (Wildman–Crippen LogP) is 2.84.